The summed E-state index contributed by atoms with van der Waals surface area (Å²) >= 11 is 0. The Morgan fingerprint density at radius 3 is 2.63 bits per heavy atom. The number of amides is 2. The van der Waals surface area contributed by atoms with E-state index in [1.807, 2.05) is 18.3 Å². The monoisotopic (exact) mass is 422 g/mol. The van der Waals surface area contributed by atoms with Gasteiger partial charge in [0.15, 0.2) is 0 Å². The fourth-order valence-corrected chi connectivity index (χ4v) is 2.65. The molecule has 30 heavy (non-hydrogen) atoms. The largest absolute Gasteiger partial charge is 0.419 e. The smallest absolute Gasteiger partial charge is 0.370 e. The van der Waals surface area contributed by atoms with Crippen molar-refractivity contribution in [1.29, 1.82) is 0 Å². The van der Waals surface area contributed by atoms with Crippen molar-refractivity contribution in [2.24, 2.45) is 0 Å². The third kappa shape index (κ3) is 5.69. The first-order valence-corrected chi connectivity index (χ1v) is 8.87. The topological polar surface area (TPSA) is 94.7 Å². The number of nitrogens with zero attached hydrogens (tertiary/aromatic N) is 2. The summed E-state index contributed by atoms with van der Waals surface area (Å²) in [5, 5.41) is 7.67. The van der Waals surface area contributed by atoms with Gasteiger partial charge in [0.1, 0.15) is 11.6 Å². The lowest BCUT2D eigenvalue weighted by Gasteiger charge is -2.12. The summed E-state index contributed by atoms with van der Waals surface area (Å²) in [6, 6.07) is 6.83. The molecule has 2 aromatic heterocycles. The van der Waals surface area contributed by atoms with Crippen molar-refractivity contribution in [2.45, 2.75) is 19.5 Å². The molecule has 1 aromatic carbocycles. The molecule has 2 amide bonds. The van der Waals surface area contributed by atoms with E-state index in [-0.39, 0.29) is 11.6 Å². The highest BCUT2D eigenvalue weighted by atomic mass is 19.4. The number of aromatic nitrogens is 3. The Bertz CT molecular complexity index is 1020. The average Bonchev–Trinajstić information content (AvgIpc) is 3.15. The number of anilines is 3. The summed E-state index contributed by atoms with van der Waals surface area (Å²) in [5.74, 6) is -0.982. The molecule has 0 aliphatic heterocycles. The van der Waals surface area contributed by atoms with Crippen LogP contribution in [0, 0.1) is 12.7 Å². The standard InChI is InChI=1S/C19H18F4N6O/c1-11-9-16(25-8-6-12-3-2-7-24-12)28-17(26-11)29-18(30)27-13-4-5-15(20)14(10-13)19(21,22)23/h2-5,7,9-10,24H,6,8H2,1H3,(H3,25,26,27,28,29,30). The number of H-pyrrole nitrogens is 1. The van der Waals surface area contributed by atoms with Crippen LogP contribution in [0.3, 0.4) is 0 Å². The van der Waals surface area contributed by atoms with E-state index >= 15 is 0 Å². The highest BCUT2D eigenvalue weighted by Gasteiger charge is 2.34. The van der Waals surface area contributed by atoms with Crippen LogP contribution in [0.4, 0.5) is 39.8 Å². The van der Waals surface area contributed by atoms with Crippen molar-refractivity contribution in [3.63, 3.8) is 0 Å². The molecule has 0 spiro atoms. The minimum Gasteiger partial charge on any atom is -0.370 e. The van der Waals surface area contributed by atoms with Gasteiger partial charge in [0.2, 0.25) is 5.95 Å². The molecule has 0 atom stereocenters. The molecule has 158 valence electrons. The van der Waals surface area contributed by atoms with Crippen LogP contribution in [-0.4, -0.2) is 27.5 Å². The Morgan fingerprint density at radius 1 is 1.13 bits per heavy atom. The first kappa shape index (κ1) is 21.1. The van der Waals surface area contributed by atoms with Crippen LogP contribution in [0.1, 0.15) is 17.0 Å². The number of hydrogen-bond donors (Lipinski definition) is 4. The van der Waals surface area contributed by atoms with Gasteiger partial charge in [0, 0.05) is 42.3 Å². The van der Waals surface area contributed by atoms with Crippen molar-refractivity contribution in [2.75, 3.05) is 22.5 Å². The number of aryl methyl sites for hydroxylation is 1. The number of benzene rings is 1. The number of urea groups is 1. The van der Waals surface area contributed by atoms with Gasteiger partial charge < -0.3 is 15.6 Å². The zero-order valence-electron chi connectivity index (χ0n) is 15.8. The molecule has 0 radical (unpaired) electrons. The predicted octanol–water partition coefficient (Wildman–Crippen LogP) is 4.57. The molecule has 0 aliphatic rings. The maximum atomic E-state index is 13.4. The molecule has 0 saturated heterocycles. The summed E-state index contributed by atoms with van der Waals surface area (Å²) in [5.41, 5.74) is -0.0776. The van der Waals surface area contributed by atoms with Crippen molar-refractivity contribution in [1.82, 2.24) is 15.0 Å². The lowest BCUT2D eigenvalue weighted by Crippen LogP contribution is -2.22. The quantitative estimate of drug-likeness (QED) is 0.438. The number of carbonyl (C=O) groups is 1. The number of nitrogens with one attached hydrogen (secondary N) is 4. The molecule has 3 aromatic rings. The second kappa shape index (κ2) is 8.80. The third-order valence-corrected chi connectivity index (χ3v) is 3.97. The summed E-state index contributed by atoms with van der Waals surface area (Å²) < 4.78 is 51.7. The molecule has 3 rings (SSSR count). The zero-order valence-corrected chi connectivity index (χ0v) is 15.8. The van der Waals surface area contributed by atoms with E-state index in [1.165, 1.54) is 0 Å². The van der Waals surface area contributed by atoms with Crippen LogP contribution < -0.4 is 16.0 Å². The Kier molecular flexibility index (Phi) is 6.19. The maximum Gasteiger partial charge on any atom is 0.419 e. The van der Waals surface area contributed by atoms with Crippen molar-refractivity contribution in [3.8, 4) is 0 Å². The minimum atomic E-state index is -4.88. The zero-order chi connectivity index (χ0) is 21.7. The van der Waals surface area contributed by atoms with E-state index in [2.05, 4.69) is 30.9 Å². The Balaban J connectivity index is 1.63. The highest BCUT2D eigenvalue weighted by molar-refractivity contribution is 5.98. The van der Waals surface area contributed by atoms with Gasteiger partial charge in [-0.15, -0.1) is 0 Å². The number of halogens is 4. The molecule has 2 heterocycles. The number of alkyl halides is 3. The van der Waals surface area contributed by atoms with Crippen LogP contribution in [0.5, 0.6) is 0 Å². The average molecular weight is 422 g/mol. The van der Waals surface area contributed by atoms with E-state index in [0.29, 0.717) is 30.2 Å². The van der Waals surface area contributed by atoms with Gasteiger partial charge in [-0.2, -0.15) is 18.2 Å². The molecular formula is C19H18F4N6O. The predicted molar refractivity (Wildman–Crippen MR) is 104 cm³/mol. The summed E-state index contributed by atoms with van der Waals surface area (Å²) in [4.78, 5) is 23.4. The first-order chi connectivity index (χ1) is 14.2. The van der Waals surface area contributed by atoms with E-state index in [1.54, 1.807) is 13.0 Å². The Hall–Kier alpha value is -3.63. The number of hydrogen-bond acceptors (Lipinski definition) is 4. The van der Waals surface area contributed by atoms with E-state index in [4.69, 9.17) is 0 Å². The van der Waals surface area contributed by atoms with Gasteiger partial charge in [0.05, 0.1) is 5.56 Å². The summed E-state index contributed by atoms with van der Waals surface area (Å²) in [6.07, 6.45) is -2.33. The molecule has 7 nitrogen and oxygen atoms in total. The van der Waals surface area contributed by atoms with Crippen LogP contribution in [0.2, 0.25) is 0 Å². The SMILES string of the molecule is Cc1cc(NCCc2ccc[nH]2)nc(NC(=O)Nc2ccc(F)c(C(F)(F)F)c2)n1. The lowest BCUT2D eigenvalue weighted by atomic mass is 10.2. The minimum absolute atomic E-state index is 0.0342. The van der Waals surface area contributed by atoms with Gasteiger partial charge >= 0.3 is 12.2 Å². The normalized spacial score (nSPS) is 11.2. The van der Waals surface area contributed by atoms with Gasteiger partial charge in [0.25, 0.3) is 0 Å². The molecule has 0 bridgehead atoms. The molecule has 11 heteroatoms. The van der Waals surface area contributed by atoms with Crippen LogP contribution in [-0.2, 0) is 12.6 Å². The van der Waals surface area contributed by atoms with Gasteiger partial charge in [-0.3, -0.25) is 5.32 Å². The van der Waals surface area contributed by atoms with E-state index in [0.717, 1.165) is 18.2 Å². The first-order valence-electron chi connectivity index (χ1n) is 8.87. The van der Waals surface area contributed by atoms with Gasteiger partial charge in [-0.05, 0) is 37.3 Å². The van der Waals surface area contributed by atoms with Crippen molar-refractivity contribution >= 4 is 23.5 Å². The van der Waals surface area contributed by atoms with E-state index < -0.39 is 23.6 Å². The number of carbonyl (C=O) groups excluding carboxylic acids is 1. The van der Waals surface area contributed by atoms with Crippen LogP contribution >= 0.6 is 0 Å². The maximum absolute atomic E-state index is 13.4. The second-order valence-corrected chi connectivity index (χ2v) is 6.36. The second-order valence-electron chi connectivity index (χ2n) is 6.36. The Labute approximate surface area is 168 Å². The third-order valence-electron chi connectivity index (χ3n) is 3.97. The molecule has 4 N–H and O–H groups in total. The van der Waals surface area contributed by atoms with Crippen molar-refractivity contribution < 1.29 is 22.4 Å². The van der Waals surface area contributed by atoms with Gasteiger partial charge in [-0.25, -0.2) is 14.2 Å². The molecule has 0 unspecified atom stereocenters. The number of rotatable bonds is 6. The van der Waals surface area contributed by atoms with Crippen molar-refractivity contribution in [3.05, 3.63) is 65.4 Å². The molecule has 0 aliphatic carbocycles. The summed E-state index contributed by atoms with van der Waals surface area (Å²) in [7, 11) is 0. The fraction of sp³-hybridized carbons (Fsp3) is 0.211. The van der Waals surface area contributed by atoms with Gasteiger partial charge in [-0.1, -0.05) is 0 Å². The Morgan fingerprint density at radius 2 is 1.93 bits per heavy atom. The summed E-state index contributed by atoms with van der Waals surface area (Å²) in [6.45, 7) is 2.29. The molecular weight excluding hydrogens is 404 g/mol. The van der Waals surface area contributed by atoms with Crippen LogP contribution in [0.15, 0.2) is 42.6 Å². The van der Waals surface area contributed by atoms with E-state index in [9.17, 15) is 22.4 Å². The fourth-order valence-electron chi connectivity index (χ4n) is 2.65. The lowest BCUT2D eigenvalue weighted by molar-refractivity contribution is -0.139. The molecule has 0 saturated carbocycles. The number of aromatic amines is 1. The molecule has 0 fully saturated rings. The highest BCUT2D eigenvalue weighted by Crippen LogP contribution is 2.33. The van der Waals surface area contributed by atoms with Crippen LogP contribution in [0.25, 0.3) is 0 Å².